The van der Waals surface area contributed by atoms with Crippen molar-refractivity contribution in [2.45, 2.75) is 13.0 Å². The molecule has 6 heteroatoms. The molecule has 1 fully saturated rings. The van der Waals surface area contributed by atoms with E-state index in [1.165, 1.54) is 0 Å². The minimum absolute atomic E-state index is 0.376. The molecule has 0 spiro atoms. The van der Waals surface area contributed by atoms with Gasteiger partial charge in [-0.05, 0) is 32.8 Å². The molecule has 114 valence electrons. The quantitative estimate of drug-likeness (QED) is 0.668. The van der Waals surface area contributed by atoms with Crippen LogP contribution < -0.4 is 5.32 Å². The number of aromatic amines is 1. The van der Waals surface area contributed by atoms with Crippen molar-refractivity contribution < 1.29 is 0 Å². The molecule has 3 heterocycles. The molecule has 0 radical (unpaired) electrons. The highest BCUT2D eigenvalue weighted by Gasteiger charge is 2.22. The number of nitrogens with one attached hydrogen (secondary N) is 2. The fraction of sp³-hybridized carbons (Fsp3) is 0.312. The molecule has 1 aliphatic heterocycles. The standard InChI is InChI=1S/C16H20N6/c1-11(20-14-9-22(3)10-14)21-15(8-17-2)13-6-12-4-5-18-16(12)19-7-13/h4-8,14H,2,9-10H2,1,3H3,(H,18,19)(H,20,21)/b15-8-. The van der Waals surface area contributed by atoms with Gasteiger partial charge in [0, 0.05) is 36.4 Å². The normalized spacial score (nSPS) is 17.5. The van der Waals surface area contributed by atoms with Gasteiger partial charge in [-0.2, -0.15) is 0 Å². The van der Waals surface area contributed by atoms with Crippen molar-refractivity contribution in [2.24, 2.45) is 9.98 Å². The lowest BCUT2D eigenvalue weighted by atomic mass is 10.1. The van der Waals surface area contributed by atoms with Crippen LogP contribution in [0.25, 0.3) is 16.7 Å². The number of amidine groups is 1. The first kappa shape index (κ1) is 14.5. The largest absolute Gasteiger partial charge is 0.346 e. The molecule has 1 aliphatic rings. The van der Waals surface area contributed by atoms with Crippen molar-refractivity contribution in [1.82, 2.24) is 20.2 Å². The minimum atomic E-state index is 0.376. The number of nitrogens with zero attached hydrogens (tertiary/aromatic N) is 4. The van der Waals surface area contributed by atoms with Crippen LogP contribution in [0.4, 0.5) is 0 Å². The van der Waals surface area contributed by atoms with Gasteiger partial charge in [-0.3, -0.25) is 9.98 Å². The molecular weight excluding hydrogens is 276 g/mol. The maximum absolute atomic E-state index is 4.67. The summed E-state index contributed by atoms with van der Waals surface area (Å²) in [4.78, 5) is 18.3. The average molecular weight is 296 g/mol. The van der Waals surface area contributed by atoms with Crippen LogP contribution in [0.1, 0.15) is 12.5 Å². The maximum atomic E-state index is 4.67. The van der Waals surface area contributed by atoms with E-state index < -0.39 is 0 Å². The number of hydrogen-bond donors (Lipinski definition) is 2. The van der Waals surface area contributed by atoms with E-state index in [1.807, 2.05) is 25.4 Å². The molecule has 1 saturated heterocycles. The van der Waals surface area contributed by atoms with Crippen molar-refractivity contribution in [2.75, 3.05) is 20.1 Å². The van der Waals surface area contributed by atoms with E-state index in [4.69, 9.17) is 0 Å². The molecule has 6 nitrogen and oxygen atoms in total. The lowest BCUT2D eigenvalue weighted by Gasteiger charge is -2.33. The zero-order valence-corrected chi connectivity index (χ0v) is 12.9. The third-order valence-corrected chi connectivity index (χ3v) is 3.67. The fourth-order valence-electron chi connectivity index (χ4n) is 2.61. The Morgan fingerprint density at radius 2 is 2.36 bits per heavy atom. The summed E-state index contributed by atoms with van der Waals surface area (Å²) in [5, 5.41) is 4.37. The number of likely N-dealkylation sites (tertiary alicyclic amines) is 1. The molecule has 2 aromatic heterocycles. The summed E-state index contributed by atoms with van der Waals surface area (Å²) < 4.78 is 0. The summed E-state index contributed by atoms with van der Waals surface area (Å²) in [7, 11) is 2.10. The topological polar surface area (TPSA) is 68.7 Å². The first-order valence-electron chi connectivity index (χ1n) is 7.25. The molecule has 2 N–H and O–H groups in total. The monoisotopic (exact) mass is 296 g/mol. The molecule has 0 saturated carbocycles. The molecule has 0 unspecified atom stereocenters. The molecule has 0 bridgehead atoms. The zero-order valence-electron chi connectivity index (χ0n) is 12.9. The second-order valence-corrected chi connectivity index (χ2v) is 5.58. The number of H-pyrrole nitrogens is 1. The minimum Gasteiger partial charge on any atom is -0.346 e. The molecule has 0 atom stereocenters. The number of pyridine rings is 1. The van der Waals surface area contributed by atoms with Gasteiger partial charge in [0.05, 0.1) is 23.8 Å². The Balaban J connectivity index is 1.80. The summed E-state index contributed by atoms with van der Waals surface area (Å²) >= 11 is 0. The smallest absolute Gasteiger partial charge is 0.137 e. The van der Waals surface area contributed by atoms with E-state index in [1.54, 1.807) is 6.20 Å². The summed E-state index contributed by atoms with van der Waals surface area (Å²) in [5.74, 6) is 0.877. The Hall–Kier alpha value is -2.47. The SMILES string of the molecule is C=N/C=C(\NC(C)=NC1CN(C)C1)c1cnc2[nH]ccc2c1. The molecule has 22 heavy (non-hydrogen) atoms. The van der Waals surface area contributed by atoms with Crippen molar-refractivity contribution in [3.63, 3.8) is 0 Å². The summed E-state index contributed by atoms with van der Waals surface area (Å²) in [6.07, 6.45) is 5.39. The highest BCUT2D eigenvalue weighted by atomic mass is 15.2. The van der Waals surface area contributed by atoms with Crippen LogP contribution in [0, 0.1) is 0 Å². The number of fused-ring (bicyclic) bond motifs is 1. The molecule has 0 amide bonds. The van der Waals surface area contributed by atoms with E-state index in [0.717, 1.165) is 41.2 Å². The number of aromatic nitrogens is 2. The Morgan fingerprint density at radius 1 is 1.55 bits per heavy atom. The van der Waals surface area contributed by atoms with E-state index in [9.17, 15) is 0 Å². The van der Waals surface area contributed by atoms with E-state index in [-0.39, 0.29) is 0 Å². The van der Waals surface area contributed by atoms with Crippen LogP contribution in [-0.2, 0) is 0 Å². The van der Waals surface area contributed by atoms with Gasteiger partial charge in [0.25, 0.3) is 0 Å². The molecular formula is C16H20N6. The maximum Gasteiger partial charge on any atom is 0.137 e. The van der Waals surface area contributed by atoms with Crippen LogP contribution in [0.15, 0.2) is 40.7 Å². The fourth-order valence-corrected chi connectivity index (χ4v) is 2.61. The van der Waals surface area contributed by atoms with Gasteiger partial charge in [-0.1, -0.05) is 0 Å². The lowest BCUT2D eigenvalue weighted by molar-refractivity contribution is 0.193. The van der Waals surface area contributed by atoms with E-state index >= 15 is 0 Å². The zero-order chi connectivity index (χ0) is 15.5. The van der Waals surface area contributed by atoms with Crippen LogP contribution in [0.5, 0.6) is 0 Å². The second-order valence-electron chi connectivity index (χ2n) is 5.58. The van der Waals surface area contributed by atoms with Gasteiger partial charge in [-0.15, -0.1) is 0 Å². The first-order valence-corrected chi connectivity index (χ1v) is 7.25. The van der Waals surface area contributed by atoms with Gasteiger partial charge < -0.3 is 15.2 Å². The van der Waals surface area contributed by atoms with E-state index in [2.05, 4.69) is 50.0 Å². The van der Waals surface area contributed by atoms with Gasteiger partial charge >= 0.3 is 0 Å². The number of likely N-dealkylation sites (N-methyl/N-ethyl adjacent to an activating group) is 1. The van der Waals surface area contributed by atoms with Crippen LogP contribution in [0.2, 0.25) is 0 Å². The predicted molar refractivity (Wildman–Crippen MR) is 91.1 cm³/mol. The van der Waals surface area contributed by atoms with Crippen molar-refractivity contribution in [3.8, 4) is 0 Å². The van der Waals surface area contributed by atoms with Crippen LogP contribution in [0.3, 0.4) is 0 Å². The van der Waals surface area contributed by atoms with Gasteiger partial charge in [0.2, 0.25) is 0 Å². The van der Waals surface area contributed by atoms with Crippen LogP contribution >= 0.6 is 0 Å². The van der Waals surface area contributed by atoms with Gasteiger partial charge in [-0.25, -0.2) is 4.98 Å². The summed E-state index contributed by atoms with van der Waals surface area (Å²) in [6.45, 7) is 7.53. The average Bonchev–Trinajstić information content (AvgIpc) is 2.92. The molecule has 0 aromatic carbocycles. The molecule has 0 aliphatic carbocycles. The summed E-state index contributed by atoms with van der Waals surface area (Å²) in [6, 6.07) is 4.43. The highest BCUT2D eigenvalue weighted by Crippen LogP contribution is 2.17. The number of rotatable bonds is 4. The van der Waals surface area contributed by atoms with Gasteiger partial charge in [0.1, 0.15) is 5.65 Å². The lowest BCUT2D eigenvalue weighted by Crippen LogP contribution is -2.47. The Kier molecular flexibility index (Phi) is 4.02. The summed E-state index contributed by atoms with van der Waals surface area (Å²) in [5.41, 5.74) is 2.68. The number of hydrogen-bond acceptors (Lipinski definition) is 4. The Labute approximate surface area is 129 Å². The third-order valence-electron chi connectivity index (χ3n) is 3.67. The van der Waals surface area contributed by atoms with E-state index in [0.29, 0.717) is 6.04 Å². The predicted octanol–water partition coefficient (Wildman–Crippen LogP) is 1.88. The third kappa shape index (κ3) is 3.07. The number of aliphatic imine (C=N–C) groups is 2. The van der Waals surface area contributed by atoms with Crippen molar-refractivity contribution >= 4 is 29.3 Å². The highest BCUT2D eigenvalue weighted by molar-refractivity contribution is 5.90. The van der Waals surface area contributed by atoms with Gasteiger partial charge in [0.15, 0.2) is 0 Å². The second kappa shape index (κ2) is 6.11. The Morgan fingerprint density at radius 3 is 3.09 bits per heavy atom. The van der Waals surface area contributed by atoms with Crippen LogP contribution in [-0.4, -0.2) is 53.6 Å². The Bertz CT molecular complexity index is 736. The van der Waals surface area contributed by atoms with Crippen molar-refractivity contribution in [3.05, 3.63) is 36.3 Å². The molecule has 3 rings (SSSR count). The first-order chi connectivity index (χ1) is 10.7. The van der Waals surface area contributed by atoms with Crippen molar-refractivity contribution in [1.29, 1.82) is 0 Å². The molecule has 2 aromatic rings.